The maximum Gasteiger partial charge on any atom is 0.287 e. The molecular weight excluding hydrogens is 386 g/mol. The van der Waals surface area contributed by atoms with E-state index in [0.29, 0.717) is 17.9 Å². The number of carbonyl (C=O) groups excluding carboxylic acids is 2. The standard InChI is InChI=1S/C18H22BrN3O3/c19-14-6-1-4-12-10-15(25-16(12)14)18(24)21-7-3-9-22-8-2-5-13(11-22)17(20)23/h1,4,6,10,13H,2-3,5,7-9,11H2,(H2,20,23)(H,21,24). The van der Waals surface area contributed by atoms with Crippen molar-refractivity contribution < 1.29 is 14.0 Å². The van der Waals surface area contributed by atoms with Crippen LogP contribution in [0.1, 0.15) is 29.8 Å². The highest BCUT2D eigenvalue weighted by Crippen LogP contribution is 2.26. The van der Waals surface area contributed by atoms with Crippen LogP contribution >= 0.6 is 15.9 Å². The number of hydrogen-bond donors (Lipinski definition) is 2. The molecule has 2 aromatic rings. The van der Waals surface area contributed by atoms with Crippen molar-refractivity contribution in [1.29, 1.82) is 0 Å². The molecule has 2 amide bonds. The van der Waals surface area contributed by atoms with Crippen molar-refractivity contribution in [3.63, 3.8) is 0 Å². The third-order valence-corrected chi connectivity index (χ3v) is 5.19. The number of piperidine rings is 1. The zero-order chi connectivity index (χ0) is 17.8. The molecule has 1 aliphatic rings. The number of halogens is 1. The molecule has 0 spiro atoms. The molecule has 134 valence electrons. The van der Waals surface area contributed by atoms with E-state index in [-0.39, 0.29) is 17.7 Å². The van der Waals surface area contributed by atoms with E-state index in [4.69, 9.17) is 10.2 Å². The number of fused-ring (bicyclic) bond motifs is 1. The molecule has 3 N–H and O–H groups in total. The molecule has 1 atom stereocenters. The summed E-state index contributed by atoms with van der Waals surface area (Å²) in [5.41, 5.74) is 6.07. The first-order valence-electron chi connectivity index (χ1n) is 8.52. The summed E-state index contributed by atoms with van der Waals surface area (Å²) in [5, 5.41) is 3.78. The van der Waals surface area contributed by atoms with E-state index in [1.54, 1.807) is 6.07 Å². The van der Waals surface area contributed by atoms with Gasteiger partial charge in [-0.1, -0.05) is 12.1 Å². The van der Waals surface area contributed by atoms with Crippen molar-refractivity contribution in [3.05, 3.63) is 34.5 Å². The van der Waals surface area contributed by atoms with E-state index in [9.17, 15) is 9.59 Å². The smallest absolute Gasteiger partial charge is 0.287 e. The summed E-state index contributed by atoms with van der Waals surface area (Å²) in [6, 6.07) is 7.44. The Morgan fingerprint density at radius 1 is 1.40 bits per heavy atom. The maximum absolute atomic E-state index is 12.2. The van der Waals surface area contributed by atoms with Crippen LogP contribution in [0.15, 0.2) is 33.2 Å². The van der Waals surface area contributed by atoms with Gasteiger partial charge < -0.3 is 20.4 Å². The Kier molecular flexibility index (Phi) is 5.75. The van der Waals surface area contributed by atoms with Crippen molar-refractivity contribution in [2.75, 3.05) is 26.2 Å². The fourth-order valence-corrected chi connectivity index (χ4v) is 3.68. The maximum atomic E-state index is 12.2. The van der Waals surface area contributed by atoms with Gasteiger partial charge in [-0.15, -0.1) is 0 Å². The molecule has 3 rings (SSSR count). The molecule has 1 fully saturated rings. The summed E-state index contributed by atoms with van der Waals surface area (Å²) < 4.78 is 6.46. The molecule has 0 radical (unpaired) electrons. The lowest BCUT2D eigenvalue weighted by molar-refractivity contribution is -0.123. The molecule has 7 heteroatoms. The average molecular weight is 408 g/mol. The van der Waals surface area contributed by atoms with Gasteiger partial charge in [-0.05, 0) is 60.4 Å². The number of likely N-dealkylation sites (tertiary alicyclic amines) is 1. The van der Waals surface area contributed by atoms with Gasteiger partial charge in [-0.25, -0.2) is 0 Å². The molecule has 1 saturated heterocycles. The Hall–Kier alpha value is -1.86. The van der Waals surface area contributed by atoms with Crippen molar-refractivity contribution in [2.45, 2.75) is 19.3 Å². The molecule has 1 aromatic heterocycles. The van der Waals surface area contributed by atoms with Crippen molar-refractivity contribution in [1.82, 2.24) is 10.2 Å². The Morgan fingerprint density at radius 2 is 2.24 bits per heavy atom. The van der Waals surface area contributed by atoms with Gasteiger partial charge >= 0.3 is 0 Å². The number of nitrogens with zero attached hydrogens (tertiary/aromatic N) is 1. The minimum absolute atomic E-state index is 0.0441. The van der Waals surface area contributed by atoms with Gasteiger partial charge in [0.2, 0.25) is 5.91 Å². The summed E-state index contributed by atoms with van der Waals surface area (Å²) in [6.45, 7) is 3.11. The summed E-state index contributed by atoms with van der Waals surface area (Å²) in [4.78, 5) is 25.8. The summed E-state index contributed by atoms with van der Waals surface area (Å²) >= 11 is 3.42. The van der Waals surface area contributed by atoms with Crippen LogP contribution in [0.5, 0.6) is 0 Å². The Bertz CT molecular complexity index is 774. The Morgan fingerprint density at radius 3 is 3.00 bits per heavy atom. The van der Waals surface area contributed by atoms with Crippen LogP contribution in [0.25, 0.3) is 11.0 Å². The SMILES string of the molecule is NC(=O)C1CCCN(CCCNC(=O)c2cc3cccc(Br)c3o2)C1. The van der Waals surface area contributed by atoms with Crippen molar-refractivity contribution >= 4 is 38.7 Å². The fourth-order valence-electron chi connectivity index (χ4n) is 3.22. The zero-order valence-electron chi connectivity index (χ0n) is 14.0. The van der Waals surface area contributed by atoms with E-state index >= 15 is 0 Å². The molecule has 0 aliphatic carbocycles. The summed E-state index contributed by atoms with van der Waals surface area (Å²) in [7, 11) is 0. The largest absolute Gasteiger partial charge is 0.450 e. The lowest BCUT2D eigenvalue weighted by atomic mass is 9.97. The van der Waals surface area contributed by atoms with Gasteiger partial charge in [0.05, 0.1) is 10.4 Å². The predicted molar refractivity (Wildman–Crippen MR) is 99.2 cm³/mol. The van der Waals surface area contributed by atoms with Gasteiger partial charge in [-0.3, -0.25) is 9.59 Å². The number of amides is 2. The van der Waals surface area contributed by atoms with Gasteiger partial charge in [0.1, 0.15) is 5.58 Å². The molecule has 0 bridgehead atoms. The highest BCUT2D eigenvalue weighted by Gasteiger charge is 2.23. The second-order valence-corrected chi connectivity index (χ2v) is 7.27. The number of primary amides is 1. The number of carbonyl (C=O) groups is 2. The zero-order valence-corrected chi connectivity index (χ0v) is 15.5. The Balaban J connectivity index is 1.46. The van der Waals surface area contributed by atoms with E-state index in [2.05, 4.69) is 26.1 Å². The lowest BCUT2D eigenvalue weighted by Crippen LogP contribution is -2.42. The molecule has 1 unspecified atom stereocenters. The van der Waals surface area contributed by atoms with Crippen LogP contribution in [-0.2, 0) is 4.79 Å². The first-order valence-corrected chi connectivity index (χ1v) is 9.32. The first-order chi connectivity index (χ1) is 12.0. The minimum Gasteiger partial charge on any atom is -0.450 e. The average Bonchev–Trinajstić information content (AvgIpc) is 3.04. The van der Waals surface area contributed by atoms with Gasteiger partial charge in [0.15, 0.2) is 5.76 Å². The molecule has 1 aromatic carbocycles. The summed E-state index contributed by atoms with van der Waals surface area (Å²) in [6.07, 6.45) is 2.69. The fraction of sp³-hybridized carbons (Fsp3) is 0.444. The number of hydrogen-bond acceptors (Lipinski definition) is 4. The molecule has 0 saturated carbocycles. The molecular formula is C18H22BrN3O3. The van der Waals surface area contributed by atoms with Crippen LogP contribution in [0, 0.1) is 5.92 Å². The highest BCUT2D eigenvalue weighted by molar-refractivity contribution is 9.10. The number of para-hydroxylation sites is 1. The molecule has 6 nitrogen and oxygen atoms in total. The number of furan rings is 1. The number of nitrogens with two attached hydrogens (primary N) is 1. The van der Waals surface area contributed by atoms with E-state index in [1.807, 2.05) is 18.2 Å². The Labute approximate surface area is 154 Å². The van der Waals surface area contributed by atoms with E-state index < -0.39 is 0 Å². The van der Waals surface area contributed by atoms with E-state index in [0.717, 1.165) is 48.8 Å². The minimum atomic E-state index is -0.214. The molecule has 1 aliphatic heterocycles. The quantitative estimate of drug-likeness (QED) is 0.719. The number of nitrogens with one attached hydrogen (secondary N) is 1. The van der Waals surface area contributed by atoms with Gasteiger partial charge in [-0.2, -0.15) is 0 Å². The highest BCUT2D eigenvalue weighted by atomic mass is 79.9. The number of benzene rings is 1. The summed E-state index contributed by atoms with van der Waals surface area (Å²) in [5.74, 6) is -0.156. The molecule has 25 heavy (non-hydrogen) atoms. The molecule has 2 heterocycles. The first kappa shape index (κ1) is 17.9. The van der Waals surface area contributed by atoms with Crippen LogP contribution in [-0.4, -0.2) is 42.9 Å². The van der Waals surface area contributed by atoms with E-state index in [1.165, 1.54) is 0 Å². The third kappa shape index (κ3) is 4.41. The second kappa shape index (κ2) is 8.01. The third-order valence-electron chi connectivity index (χ3n) is 4.56. The normalized spacial score (nSPS) is 18.4. The van der Waals surface area contributed by atoms with Gasteiger partial charge in [0.25, 0.3) is 5.91 Å². The van der Waals surface area contributed by atoms with Crippen LogP contribution in [0.2, 0.25) is 0 Å². The monoisotopic (exact) mass is 407 g/mol. The second-order valence-electron chi connectivity index (χ2n) is 6.42. The van der Waals surface area contributed by atoms with Crippen LogP contribution < -0.4 is 11.1 Å². The van der Waals surface area contributed by atoms with Crippen molar-refractivity contribution in [2.24, 2.45) is 11.7 Å². The van der Waals surface area contributed by atoms with Crippen LogP contribution in [0.3, 0.4) is 0 Å². The van der Waals surface area contributed by atoms with Crippen LogP contribution in [0.4, 0.5) is 0 Å². The van der Waals surface area contributed by atoms with Crippen molar-refractivity contribution in [3.8, 4) is 0 Å². The topological polar surface area (TPSA) is 88.6 Å². The number of rotatable bonds is 6. The van der Waals surface area contributed by atoms with Gasteiger partial charge in [0, 0.05) is 18.5 Å². The lowest BCUT2D eigenvalue weighted by Gasteiger charge is -2.31. The predicted octanol–water partition coefficient (Wildman–Crippen LogP) is 2.51.